The van der Waals surface area contributed by atoms with Crippen molar-refractivity contribution in [2.75, 3.05) is 40.9 Å². The Morgan fingerprint density at radius 2 is 0.826 bits per heavy atom. The molecule has 9 heteroatoms. The number of phosphoric acid groups is 1. The summed E-state index contributed by atoms with van der Waals surface area (Å²) in [6, 6.07) is -0.769. The Balaban J connectivity index is 4.12. The van der Waals surface area contributed by atoms with Gasteiger partial charge in [0.15, 0.2) is 0 Å². The number of amides is 1. The van der Waals surface area contributed by atoms with Crippen LogP contribution < -0.4 is 5.32 Å². The second-order valence-electron chi connectivity index (χ2n) is 21.7. The molecule has 0 radical (unpaired) electrons. The van der Waals surface area contributed by atoms with Crippen molar-refractivity contribution in [1.29, 1.82) is 0 Å². The molecule has 0 saturated carbocycles. The summed E-state index contributed by atoms with van der Waals surface area (Å²) < 4.78 is 23.8. The van der Waals surface area contributed by atoms with Crippen LogP contribution in [-0.4, -0.2) is 73.4 Å². The molecule has 0 aliphatic carbocycles. The topological polar surface area (TPSA) is 105 Å². The zero-order valence-corrected chi connectivity index (χ0v) is 47.5. The van der Waals surface area contributed by atoms with Crippen LogP contribution in [0, 0.1) is 0 Å². The van der Waals surface area contributed by atoms with Crippen LogP contribution in [0.3, 0.4) is 0 Å². The fourth-order valence-electron chi connectivity index (χ4n) is 8.94. The second-order valence-corrected chi connectivity index (χ2v) is 23.2. The number of allylic oxidation sites excluding steroid dienone is 6. The third kappa shape index (κ3) is 54.3. The molecular weight excluding hydrogens is 876 g/mol. The highest BCUT2D eigenvalue weighted by Crippen LogP contribution is 2.43. The van der Waals surface area contributed by atoms with Crippen molar-refractivity contribution in [3.05, 3.63) is 36.5 Å². The van der Waals surface area contributed by atoms with Gasteiger partial charge in [0.25, 0.3) is 0 Å². The predicted molar refractivity (Wildman–Crippen MR) is 300 cm³/mol. The number of unbranched alkanes of at least 4 members (excludes halogenated alkanes) is 36. The molecule has 0 spiro atoms. The molecule has 0 aliphatic rings. The lowest BCUT2D eigenvalue weighted by molar-refractivity contribution is -0.870. The maximum absolute atomic E-state index is 13.0. The van der Waals surface area contributed by atoms with Crippen LogP contribution in [0.5, 0.6) is 0 Å². The average molecular weight is 995 g/mol. The lowest BCUT2D eigenvalue weighted by atomic mass is 10.0. The van der Waals surface area contributed by atoms with Gasteiger partial charge in [0, 0.05) is 6.42 Å². The van der Waals surface area contributed by atoms with Gasteiger partial charge < -0.3 is 19.8 Å². The minimum Gasteiger partial charge on any atom is -0.391 e. The van der Waals surface area contributed by atoms with Crippen molar-refractivity contribution in [3.63, 3.8) is 0 Å². The third-order valence-electron chi connectivity index (χ3n) is 13.6. The number of aliphatic hydroxyl groups is 1. The van der Waals surface area contributed by atoms with Crippen molar-refractivity contribution in [3.8, 4) is 0 Å². The standard InChI is InChI=1S/C60H117N2O6P/c1-6-8-10-12-14-16-18-20-22-24-26-27-28-29-30-31-32-33-34-36-37-39-41-43-45-47-49-51-53-59(63)58(57-68-69(65,66)67-56-55-62(3,4)5)61-60(64)54-52-50-48-46-44-42-40-38-35-25-23-21-19-17-15-13-11-9-7-2/h15,17,21,23,35,38,58-59,63H,6-14,16,18-20,22,24-34,36-37,39-57H2,1-5H3,(H-,61,64,65,66)/p+1/b17-15-,23-21-,38-35-. The number of hydrogen-bond acceptors (Lipinski definition) is 5. The van der Waals surface area contributed by atoms with Crippen molar-refractivity contribution in [2.24, 2.45) is 0 Å². The number of nitrogens with zero attached hydrogens (tertiary/aromatic N) is 1. The van der Waals surface area contributed by atoms with E-state index < -0.39 is 20.0 Å². The lowest BCUT2D eigenvalue weighted by Crippen LogP contribution is -2.46. The highest BCUT2D eigenvalue weighted by molar-refractivity contribution is 7.47. The number of likely N-dealkylation sites (N-methyl/N-ethyl adjacent to an activating group) is 1. The van der Waals surface area contributed by atoms with Gasteiger partial charge in [0.2, 0.25) is 5.91 Å². The molecule has 1 amide bonds. The SMILES string of the molecule is CCCCC/C=C\C/C=C\C/C=C\CCCCCCCCC(=O)NC(COP(=O)(O)OCC[N+](C)(C)C)C(O)CCCCCCCCCCCCCCCCCCCCCCCCCCCCCC. The summed E-state index contributed by atoms with van der Waals surface area (Å²) in [6.07, 6.45) is 66.4. The first kappa shape index (κ1) is 67.7. The summed E-state index contributed by atoms with van der Waals surface area (Å²) in [5.41, 5.74) is 0. The molecule has 8 nitrogen and oxygen atoms in total. The molecule has 0 saturated heterocycles. The molecule has 0 aromatic heterocycles. The molecule has 0 rings (SSSR count). The zero-order chi connectivity index (χ0) is 50.6. The summed E-state index contributed by atoms with van der Waals surface area (Å²) in [6.45, 7) is 4.88. The normalized spacial score (nSPS) is 14.1. The highest BCUT2D eigenvalue weighted by atomic mass is 31.2. The maximum atomic E-state index is 13.0. The first-order valence-electron chi connectivity index (χ1n) is 29.9. The maximum Gasteiger partial charge on any atom is 0.472 e. The molecule has 69 heavy (non-hydrogen) atoms. The molecule has 0 heterocycles. The first-order valence-corrected chi connectivity index (χ1v) is 31.3. The van der Waals surface area contributed by atoms with Crippen molar-refractivity contribution < 1.29 is 32.9 Å². The monoisotopic (exact) mass is 994 g/mol. The highest BCUT2D eigenvalue weighted by Gasteiger charge is 2.28. The van der Waals surface area contributed by atoms with E-state index in [9.17, 15) is 19.4 Å². The van der Waals surface area contributed by atoms with Gasteiger partial charge in [0.1, 0.15) is 13.2 Å². The Morgan fingerprint density at radius 3 is 1.23 bits per heavy atom. The van der Waals surface area contributed by atoms with E-state index in [0.29, 0.717) is 23.9 Å². The molecule has 408 valence electrons. The number of hydrogen-bond donors (Lipinski definition) is 3. The summed E-state index contributed by atoms with van der Waals surface area (Å²) in [4.78, 5) is 23.3. The quantitative estimate of drug-likeness (QED) is 0.0243. The van der Waals surface area contributed by atoms with E-state index in [1.807, 2.05) is 21.1 Å². The number of quaternary nitrogens is 1. The fourth-order valence-corrected chi connectivity index (χ4v) is 9.67. The summed E-state index contributed by atoms with van der Waals surface area (Å²) in [5, 5.41) is 14.1. The van der Waals surface area contributed by atoms with Gasteiger partial charge in [-0.25, -0.2) is 4.57 Å². The van der Waals surface area contributed by atoms with Crippen LogP contribution >= 0.6 is 7.82 Å². The van der Waals surface area contributed by atoms with Gasteiger partial charge in [-0.05, 0) is 51.4 Å². The van der Waals surface area contributed by atoms with E-state index in [1.165, 1.54) is 199 Å². The van der Waals surface area contributed by atoms with Gasteiger partial charge >= 0.3 is 7.82 Å². The third-order valence-corrected chi connectivity index (χ3v) is 14.6. The van der Waals surface area contributed by atoms with Crippen LogP contribution in [0.1, 0.15) is 290 Å². The summed E-state index contributed by atoms with van der Waals surface area (Å²) >= 11 is 0. The van der Waals surface area contributed by atoms with Gasteiger partial charge in [0.05, 0.1) is 39.9 Å². The van der Waals surface area contributed by atoms with Crippen LogP contribution in [-0.2, 0) is 18.4 Å². The molecular formula is C60H118N2O6P+. The van der Waals surface area contributed by atoms with E-state index in [4.69, 9.17) is 9.05 Å². The fraction of sp³-hybridized carbons (Fsp3) is 0.883. The van der Waals surface area contributed by atoms with Crippen molar-refractivity contribution in [1.82, 2.24) is 5.32 Å². The molecule has 3 N–H and O–H groups in total. The molecule has 0 fully saturated rings. The van der Waals surface area contributed by atoms with E-state index in [1.54, 1.807) is 0 Å². The Hall–Kier alpha value is -1.28. The average Bonchev–Trinajstić information content (AvgIpc) is 3.31. The van der Waals surface area contributed by atoms with Crippen LogP contribution in [0.25, 0.3) is 0 Å². The van der Waals surface area contributed by atoms with E-state index in [-0.39, 0.29) is 19.1 Å². The van der Waals surface area contributed by atoms with Crippen LogP contribution in [0.15, 0.2) is 36.5 Å². The smallest absolute Gasteiger partial charge is 0.391 e. The van der Waals surface area contributed by atoms with E-state index in [2.05, 4.69) is 55.6 Å². The predicted octanol–water partition coefficient (Wildman–Crippen LogP) is 18.2. The van der Waals surface area contributed by atoms with Crippen LogP contribution in [0.4, 0.5) is 0 Å². The molecule has 3 atom stereocenters. The molecule has 0 aliphatic heterocycles. The Kier molecular flexibility index (Phi) is 50.7. The number of carbonyl (C=O) groups is 1. The second kappa shape index (κ2) is 51.6. The van der Waals surface area contributed by atoms with Gasteiger partial charge in [-0.15, -0.1) is 0 Å². The number of carbonyl (C=O) groups excluding carboxylic acids is 1. The largest absolute Gasteiger partial charge is 0.472 e. The summed E-state index contributed by atoms with van der Waals surface area (Å²) in [5.74, 6) is -0.154. The Labute approximate surface area is 429 Å². The van der Waals surface area contributed by atoms with Gasteiger partial charge in [-0.1, -0.05) is 269 Å². The first-order chi connectivity index (χ1) is 33.5. The van der Waals surface area contributed by atoms with E-state index in [0.717, 1.165) is 64.2 Å². The van der Waals surface area contributed by atoms with Gasteiger partial charge in [-0.2, -0.15) is 0 Å². The zero-order valence-electron chi connectivity index (χ0n) is 46.6. The Morgan fingerprint density at radius 1 is 0.493 bits per heavy atom. The van der Waals surface area contributed by atoms with E-state index >= 15 is 0 Å². The molecule has 0 aromatic rings. The van der Waals surface area contributed by atoms with Gasteiger partial charge in [-0.3, -0.25) is 13.8 Å². The minimum absolute atomic E-state index is 0.0718. The number of rotatable bonds is 55. The lowest BCUT2D eigenvalue weighted by Gasteiger charge is -2.26. The Bertz CT molecular complexity index is 1220. The van der Waals surface area contributed by atoms with Crippen molar-refractivity contribution >= 4 is 13.7 Å². The molecule has 0 bridgehead atoms. The van der Waals surface area contributed by atoms with Crippen molar-refractivity contribution in [2.45, 2.75) is 302 Å². The van der Waals surface area contributed by atoms with Crippen LogP contribution in [0.2, 0.25) is 0 Å². The summed E-state index contributed by atoms with van der Waals surface area (Å²) in [7, 11) is 1.61. The minimum atomic E-state index is -4.33. The molecule has 0 aromatic carbocycles. The number of nitrogens with one attached hydrogen (secondary N) is 1. The number of aliphatic hydroxyl groups excluding tert-OH is 1. The number of phosphoric ester groups is 1. The molecule has 3 unspecified atom stereocenters.